The lowest BCUT2D eigenvalue weighted by atomic mass is 10.1. The van der Waals surface area contributed by atoms with Crippen molar-refractivity contribution in [2.45, 2.75) is 47.5 Å². The number of para-hydroxylation sites is 1. The van der Waals surface area contributed by atoms with Crippen LogP contribution in [0.15, 0.2) is 220 Å². The standard InChI is InChI=1S/C27H23Cl2N5O3.C23H23Cl2N5O3.C23H26ClN5O5S.C22H23ClN6O2/c1-15-13-17(33(2)3)10-12-21(15)30-23(26(36)31-22-14-16(28)9-11-20(22)29)24-32-25(35)18-7-5-6-8-19(18)27(37)34(24)4;1-13-11-15(29(2)3)6-8-17(13)26-21(22-28-19(31)9-10-20(32)30(22)4)23(33)27-18-12-14(24)5-7-16(18)25;1-14-12-16(28(2)3)7-9-18(14)26-20(21-25-10-11-35(32,33)29(21)4)22(30)27-19-13-15(23(31)34-5)6-8-17(19)24;1-13-12-15(28(3)4)10-11-17(13)24-19(20-27-26-14(2)22(31)29(20)5)21(30)25-18-9-7-6-8-16(18)23/h5-14H,1-4H3,(H,31,36);5-8,11-12H,9-10H2,1-4H3,(H,27,33);6-9,12-13H,10-11H2,1-5H3,(H,27,30);6-12H,1-5H3,(H,25,30). The normalized spacial score (nSPS) is 13.2. The summed E-state index contributed by atoms with van der Waals surface area (Å²) in [4.78, 5) is 169. The van der Waals surface area contributed by atoms with Crippen LogP contribution in [0, 0.1) is 34.6 Å². The summed E-state index contributed by atoms with van der Waals surface area (Å²) < 4.78 is 33.1. The second-order valence-electron chi connectivity index (χ2n) is 31.4. The van der Waals surface area contributed by atoms with Crippen LogP contribution >= 0.6 is 69.6 Å². The molecule has 0 aliphatic carbocycles. The van der Waals surface area contributed by atoms with E-state index in [4.69, 9.17) is 74.3 Å². The fraction of sp³-hybridized carbons (Fsp3) is 0.232. The van der Waals surface area contributed by atoms with Crippen molar-refractivity contribution in [3.05, 3.63) is 282 Å². The van der Waals surface area contributed by atoms with Crippen LogP contribution in [0.25, 0.3) is 10.8 Å². The van der Waals surface area contributed by atoms with Gasteiger partial charge in [0.25, 0.3) is 40.3 Å². The zero-order valence-corrected chi connectivity index (χ0v) is 82.5. The van der Waals surface area contributed by atoms with E-state index < -0.39 is 56.6 Å². The van der Waals surface area contributed by atoms with Gasteiger partial charge in [0.1, 0.15) is 5.69 Å². The average Bonchev–Trinajstić information content (AvgIpc) is 1.70. The van der Waals surface area contributed by atoms with Crippen molar-refractivity contribution < 1.29 is 46.7 Å². The minimum atomic E-state index is -3.66. The predicted octanol–water partition coefficient (Wildman–Crippen LogP) is 15.1. The number of esters is 1. The Kier molecular flexibility index (Phi) is 34.9. The monoisotopic (exact) mass is 1980 g/mol. The van der Waals surface area contributed by atoms with Crippen LogP contribution in [0.1, 0.15) is 62.8 Å². The molecule has 41 heteroatoms. The molecule has 6 amide bonds. The SMILES string of the molecule is COC(=O)c1ccc(Cl)c(NC(=O)C(=Nc2ccc(N(C)C)cc2C)C2=NCCS(=O)(=O)N2C)c1.Cc1cc(N(C)C)ccc1N=C(C(=O)Nc1cc(Cl)ccc1Cl)C1=NC(=O)CCC(=O)N1C.Cc1cc(N(C)C)ccc1N=C(C(=O)Nc1cc(Cl)ccc1Cl)c1nc(=O)c2ccccc2c(=O)n1C.Cc1cc(N(C)C)ccc1N=C(C(=O)Nc1ccccc1Cl)c1nnc(C)c(=O)n1C. The van der Waals surface area contributed by atoms with Crippen LogP contribution in [0.3, 0.4) is 0 Å². The number of nitrogens with zero attached hydrogens (tertiary/aromatic N) is 17. The minimum absolute atomic E-state index is 0.00604. The van der Waals surface area contributed by atoms with Gasteiger partial charge < -0.3 is 45.6 Å². The topological polar surface area (TPSA) is 404 Å². The Morgan fingerprint density at radius 2 is 0.816 bits per heavy atom. The van der Waals surface area contributed by atoms with Crippen molar-refractivity contribution in [3.63, 3.8) is 0 Å². The Balaban J connectivity index is 0.000000188. The van der Waals surface area contributed by atoms with Crippen LogP contribution in [-0.4, -0.2) is 208 Å². The van der Waals surface area contributed by atoms with Crippen molar-refractivity contribution in [2.75, 3.05) is 131 Å². The van der Waals surface area contributed by atoms with Crippen LogP contribution in [-0.2, 0) is 57.6 Å². The molecule has 9 aromatic carbocycles. The van der Waals surface area contributed by atoms with E-state index in [9.17, 15) is 56.4 Å². The van der Waals surface area contributed by atoms with Gasteiger partial charge in [-0.25, -0.2) is 33.2 Å². The molecule has 0 bridgehead atoms. The van der Waals surface area contributed by atoms with Gasteiger partial charge in [-0.05, 0) is 209 Å². The van der Waals surface area contributed by atoms with Gasteiger partial charge >= 0.3 is 5.97 Å². The largest absolute Gasteiger partial charge is 0.465 e. The number of amidine groups is 2. The molecule has 0 spiro atoms. The maximum Gasteiger partial charge on any atom is 0.337 e. The number of halogens is 6. The third kappa shape index (κ3) is 25.8. The number of anilines is 8. The Hall–Kier alpha value is -14.2. The van der Waals surface area contributed by atoms with Gasteiger partial charge in [0.15, 0.2) is 46.2 Å². The average molecular weight is 1980 g/mol. The highest BCUT2D eigenvalue weighted by Gasteiger charge is 2.35. The molecule has 706 valence electrons. The van der Waals surface area contributed by atoms with Crippen LogP contribution in [0.4, 0.5) is 68.2 Å². The summed E-state index contributed by atoms with van der Waals surface area (Å²) in [6, 6.07) is 48.9. The van der Waals surface area contributed by atoms with Crippen LogP contribution in [0.5, 0.6) is 0 Å². The van der Waals surface area contributed by atoms with Crippen molar-refractivity contribution in [2.24, 2.45) is 44.0 Å². The van der Waals surface area contributed by atoms with E-state index in [-0.39, 0.29) is 137 Å². The lowest BCUT2D eigenvalue weighted by molar-refractivity contribution is -0.127. The van der Waals surface area contributed by atoms with Gasteiger partial charge in [-0.3, -0.25) is 66.5 Å². The molecule has 2 aliphatic heterocycles. The number of sulfonamides is 1. The highest BCUT2D eigenvalue weighted by molar-refractivity contribution is 7.89. The molecule has 0 fully saturated rings. The summed E-state index contributed by atoms with van der Waals surface area (Å²) in [5.74, 6) is -4.72. The lowest BCUT2D eigenvalue weighted by Crippen LogP contribution is -2.47. The molecular formula is C95H95Cl6N21O13S. The van der Waals surface area contributed by atoms with Gasteiger partial charge in [0.05, 0.1) is 101 Å². The minimum Gasteiger partial charge on any atom is -0.465 e. The highest BCUT2D eigenvalue weighted by atomic mass is 35.5. The number of carbonyl (C=O) groups excluding carboxylic acids is 7. The first-order chi connectivity index (χ1) is 64.2. The van der Waals surface area contributed by atoms with Gasteiger partial charge in [-0.1, -0.05) is 93.9 Å². The van der Waals surface area contributed by atoms with E-state index in [1.165, 1.54) is 87.2 Å². The van der Waals surface area contributed by atoms with Crippen LogP contribution < -0.4 is 57.5 Å². The van der Waals surface area contributed by atoms with Crippen molar-refractivity contribution in [1.82, 2.24) is 33.5 Å². The first kappa shape index (κ1) is 104. The van der Waals surface area contributed by atoms with E-state index in [1.807, 2.05) is 158 Å². The third-order valence-corrected chi connectivity index (χ3v) is 24.3. The van der Waals surface area contributed by atoms with E-state index in [0.29, 0.717) is 43.5 Å². The number of methoxy groups -OCH3 is 1. The first-order valence-electron chi connectivity index (χ1n) is 41.3. The molecule has 2 aliphatic rings. The molecule has 136 heavy (non-hydrogen) atoms. The summed E-state index contributed by atoms with van der Waals surface area (Å²) in [5.41, 5.74) is 8.27. The summed E-state index contributed by atoms with van der Waals surface area (Å²) in [7, 11) is 18.7. The molecule has 0 saturated heterocycles. The Labute approximate surface area is 813 Å². The number of fused-ring (bicyclic) bond motifs is 1. The van der Waals surface area contributed by atoms with Gasteiger partial charge in [-0.15, -0.1) is 10.2 Å². The fourth-order valence-electron chi connectivity index (χ4n) is 13.0. The van der Waals surface area contributed by atoms with E-state index in [0.717, 1.165) is 53.9 Å². The molecule has 0 unspecified atom stereocenters. The molecule has 0 radical (unpaired) electrons. The number of rotatable bonds is 21. The van der Waals surface area contributed by atoms with E-state index in [2.05, 4.69) is 66.4 Å². The molecule has 0 atom stereocenters. The van der Waals surface area contributed by atoms with E-state index in [1.54, 1.807) is 85.8 Å². The molecular weight excluding hydrogens is 1890 g/mol. The third-order valence-electron chi connectivity index (χ3n) is 20.8. The number of carbonyl (C=O) groups is 7. The first-order valence-corrected chi connectivity index (χ1v) is 45.2. The van der Waals surface area contributed by atoms with Gasteiger partial charge in [0, 0.05) is 130 Å². The number of aromatic nitrogens is 5. The van der Waals surface area contributed by atoms with E-state index >= 15 is 0 Å². The second-order valence-corrected chi connectivity index (χ2v) is 36.0. The quantitative estimate of drug-likeness (QED) is 0.0383. The zero-order valence-electron chi connectivity index (χ0n) is 77.2. The number of ether oxygens (including phenoxy) is 1. The molecule has 11 aromatic rings. The number of amides is 6. The number of hydrogen-bond donors (Lipinski definition) is 4. The lowest BCUT2D eigenvalue weighted by Gasteiger charge is -2.25. The molecule has 4 N–H and O–H groups in total. The molecule has 34 nitrogen and oxygen atoms in total. The van der Waals surface area contributed by atoms with Crippen LogP contribution in [0.2, 0.25) is 30.1 Å². The number of nitrogens with one attached hydrogen (secondary N) is 4. The summed E-state index contributed by atoms with van der Waals surface area (Å²) in [6.07, 6.45) is -0.0494. The number of hydrogen-bond acceptors (Lipinski definition) is 25. The zero-order chi connectivity index (χ0) is 99.8. The van der Waals surface area contributed by atoms with Crippen molar-refractivity contribution >= 4 is 235 Å². The fourth-order valence-corrected chi connectivity index (χ4v) is 15.0. The Morgan fingerprint density at radius 3 is 1.26 bits per heavy atom. The molecule has 4 heterocycles. The highest BCUT2D eigenvalue weighted by Crippen LogP contribution is 2.34. The number of benzene rings is 9. The van der Waals surface area contributed by atoms with Gasteiger partial charge in [0.2, 0.25) is 21.8 Å². The number of aliphatic imine (C=N–C) groups is 6. The smallest absolute Gasteiger partial charge is 0.337 e. The predicted molar refractivity (Wildman–Crippen MR) is 544 cm³/mol. The second kappa shape index (κ2) is 45.7. The summed E-state index contributed by atoms with van der Waals surface area (Å²) in [6.45, 7) is 8.98. The molecule has 2 aromatic heterocycles. The summed E-state index contributed by atoms with van der Waals surface area (Å²) in [5, 5.41) is 20.8. The maximum absolute atomic E-state index is 13.6. The van der Waals surface area contributed by atoms with Crippen molar-refractivity contribution in [1.29, 1.82) is 0 Å². The Morgan fingerprint density at radius 1 is 0.426 bits per heavy atom. The molecule has 0 saturated carbocycles. The van der Waals surface area contributed by atoms with Crippen molar-refractivity contribution in [3.8, 4) is 0 Å². The number of aryl methyl sites for hydroxylation is 5. The maximum atomic E-state index is 13.6. The summed E-state index contributed by atoms with van der Waals surface area (Å²) >= 11 is 37.0. The molecule has 13 rings (SSSR count). The Bertz CT molecular complexity index is 7120. The van der Waals surface area contributed by atoms with Gasteiger partial charge in [-0.2, -0.15) is 9.98 Å².